The van der Waals surface area contributed by atoms with Crippen LogP contribution in [0.3, 0.4) is 0 Å². The number of benzene rings is 1. The minimum Gasteiger partial charge on any atom is -0.495 e. The summed E-state index contributed by atoms with van der Waals surface area (Å²) in [4.78, 5) is 4.15. The quantitative estimate of drug-likeness (QED) is 0.915. The van der Waals surface area contributed by atoms with Gasteiger partial charge in [0.2, 0.25) is 0 Å². The smallest absolute Gasteiger partial charge is 0.387 e. The predicted molar refractivity (Wildman–Crippen MR) is 69.9 cm³/mol. The van der Waals surface area contributed by atoms with Crippen molar-refractivity contribution in [3.63, 3.8) is 0 Å². The van der Waals surface area contributed by atoms with Gasteiger partial charge in [0.1, 0.15) is 17.2 Å². The molecule has 2 aromatic rings. The largest absolute Gasteiger partial charge is 0.495 e. The Kier molecular flexibility index (Phi) is 4.47. The van der Waals surface area contributed by atoms with Crippen LogP contribution >= 0.6 is 0 Å². The molecule has 0 aliphatic carbocycles. The molecule has 2 rings (SSSR count). The molecule has 0 bridgehead atoms. The second-order valence-corrected chi connectivity index (χ2v) is 3.98. The van der Waals surface area contributed by atoms with Crippen LogP contribution in [0.4, 0.5) is 8.78 Å². The van der Waals surface area contributed by atoms with E-state index in [2.05, 4.69) is 9.72 Å². The van der Waals surface area contributed by atoms with Gasteiger partial charge in [-0.2, -0.15) is 8.78 Å². The van der Waals surface area contributed by atoms with Gasteiger partial charge in [-0.3, -0.25) is 4.98 Å². The molecule has 20 heavy (non-hydrogen) atoms. The maximum atomic E-state index is 12.4. The van der Waals surface area contributed by atoms with Gasteiger partial charge in [-0.1, -0.05) is 18.2 Å². The van der Waals surface area contributed by atoms with Crippen LogP contribution in [-0.4, -0.2) is 18.7 Å². The number of hydrogen-bond acceptors (Lipinski definition) is 4. The van der Waals surface area contributed by atoms with Crippen molar-refractivity contribution in [2.45, 2.75) is 12.7 Å². The van der Waals surface area contributed by atoms with Gasteiger partial charge < -0.3 is 15.2 Å². The monoisotopic (exact) mass is 280 g/mol. The summed E-state index contributed by atoms with van der Waals surface area (Å²) in [7, 11) is 1.49. The van der Waals surface area contributed by atoms with E-state index < -0.39 is 12.7 Å². The van der Waals surface area contributed by atoms with E-state index in [1.54, 1.807) is 36.5 Å². The van der Waals surface area contributed by atoms with Crippen LogP contribution in [0.2, 0.25) is 0 Å². The first kappa shape index (κ1) is 14.2. The number of rotatable bonds is 5. The highest BCUT2D eigenvalue weighted by molar-refractivity contribution is 5.43. The lowest BCUT2D eigenvalue weighted by Crippen LogP contribution is -2.17. The Morgan fingerprint density at radius 3 is 2.50 bits per heavy atom. The van der Waals surface area contributed by atoms with Crippen LogP contribution in [0.5, 0.6) is 11.5 Å². The number of pyridine rings is 1. The van der Waals surface area contributed by atoms with E-state index in [4.69, 9.17) is 10.5 Å². The van der Waals surface area contributed by atoms with Gasteiger partial charge in [-0.25, -0.2) is 0 Å². The molecule has 0 saturated carbocycles. The molecule has 1 atom stereocenters. The second kappa shape index (κ2) is 6.29. The molecule has 4 nitrogen and oxygen atoms in total. The van der Waals surface area contributed by atoms with E-state index in [-0.39, 0.29) is 5.75 Å². The third-order valence-corrected chi connectivity index (χ3v) is 2.78. The first-order valence-corrected chi connectivity index (χ1v) is 5.91. The summed E-state index contributed by atoms with van der Waals surface area (Å²) in [6.07, 6.45) is 1.56. The normalized spacial score (nSPS) is 12.2. The van der Waals surface area contributed by atoms with Gasteiger partial charge in [-0.05, 0) is 18.2 Å². The number of alkyl halides is 2. The number of nitrogens with zero attached hydrogens (tertiary/aromatic N) is 1. The van der Waals surface area contributed by atoms with E-state index in [9.17, 15) is 8.78 Å². The fourth-order valence-corrected chi connectivity index (χ4v) is 1.90. The highest BCUT2D eigenvalue weighted by Gasteiger charge is 2.20. The summed E-state index contributed by atoms with van der Waals surface area (Å²) in [5.41, 5.74) is 6.98. The summed E-state index contributed by atoms with van der Waals surface area (Å²) >= 11 is 0. The molecule has 0 amide bonds. The molecule has 1 aromatic heterocycles. The fourth-order valence-electron chi connectivity index (χ4n) is 1.90. The van der Waals surface area contributed by atoms with Gasteiger partial charge in [0.05, 0.1) is 13.2 Å². The maximum absolute atomic E-state index is 12.4. The molecule has 1 heterocycles. The number of halogens is 2. The van der Waals surface area contributed by atoms with Crippen LogP contribution in [0, 0.1) is 0 Å². The van der Waals surface area contributed by atoms with Crippen LogP contribution in [0.15, 0.2) is 42.6 Å². The molecule has 0 aliphatic rings. The average molecular weight is 280 g/mol. The Bertz CT molecular complexity index is 579. The number of hydrogen-bond donors (Lipinski definition) is 1. The molecule has 0 saturated heterocycles. The molecule has 1 aromatic carbocycles. The third-order valence-electron chi connectivity index (χ3n) is 2.78. The summed E-state index contributed by atoms with van der Waals surface area (Å²) in [6, 6.07) is 9.05. The van der Waals surface area contributed by atoms with Crippen molar-refractivity contribution >= 4 is 0 Å². The van der Waals surface area contributed by atoms with Crippen LogP contribution in [0.25, 0.3) is 0 Å². The molecule has 2 N–H and O–H groups in total. The lowest BCUT2D eigenvalue weighted by molar-refractivity contribution is -0.0505. The van der Waals surface area contributed by atoms with Crippen molar-refractivity contribution in [1.29, 1.82) is 0 Å². The lowest BCUT2D eigenvalue weighted by Gasteiger charge is -2.18. The van der Waals surface area contributed by atoms with Crippen molar-refractivity contribution < 1.29 is 18.3 Å². The van der Waals surface area contributed by atoms with Crippen molar-refractivity contribution in [2.75, 3.05) is 7.11 Å². The van der Waals surface area contributed by atoms with Gasteiger partial charge >= 0.3 is 6.61 Å². The fraction of sp³-hybridized carbons (Fsp3) is 0.214. The van der Waals surface area contributed by atoms with Crippen molar-refractivity contribution in [2.24, 2.45) is 5.73 Å². The molecule has 0 aliphatic heterocycles. The molecule has 0 radical (unpaired) electrons. The zero-order valence-corrected chi connectivity index (χ0v) is 10.8. The molecule has 1 unspecified atom stereocenters. The second-order valence-electron chi connectivity index (χ2n) is 3.98. The molecule has 6 heteroatoms. The van der Waals surface area contributed by atoms with Gasteiger partial charge in [0.15, 0.2) is 0 Å². The van der Waals surface area contributed by atoms with Gasteiger partial charge in [-0.15, -0.1) is 0 Å². The highest BCUT2D eigenvalue weighted by Crippen LogP contribution is 2.32. The first-order valence-electron chi connectivity index (χ1n) is 5.91. The number of aromatic nitrogens is 1. The Morgan fingerprint density at radius 1 is 1.10 bits per heavy atom. The van der Waals surface area contributed by atoms with Gasteiger partial charge in [0, 0.05) is 11.8 Å². The van der Waals surface area contributed by atoms with Crippen molar-refractivity contribution in [3.05, 3.63) is 53.9 Å². The van der Waals surface area contributed by atoms with Crippen molar-refractivity contribution in [1.82, 2.24) is 4.98 Å². The predicted octanol–water partition coefficient (Wildman–Crippen LogP) is 2.74. The number of para-hydroxylation sites is 1. The number of nitrogens with two attached hydrogens (primary N) is 1. The Labute approximate surface area is 115 Å². The average Bonchev–Trinajstić information content (AvgIpc) is 2.46. The van der Waals surface area contributed by atoms with E-state index in [0.717, 1.165) is 0 Å². The Balaban J connectivity index is 2.40. The third kappa shape index (κ3) is 3.03. The zero-order chi connectivity index (χ0) is 14.5. The Morgan fingerprint density at radius 2 is 1.80 bits per heavy atom. The highest BCUT2D eigenvalue weighted by atomic mass is 19.3. The molecule has 106 valence electrons. The number of methoxy groups -OCH3 is 1. The van der Waals surface area contributed by atoms with E-state index in [1.807, 2.05) is 0 Å². The van der Waals surface area contributed by atoms with E-state index in [0.29, 0.717) is 17.0 Å². The van der Waals surface area contributed by atoms with Crippen LogP contribution in [-0.2, 0) is 0 Å². The lowest BCUT2D eigenvalue weighted by atomic mass is 10.0. The standard InChI is InChI=1S/C14H14F2N2O2/c1-19-11-7-4-8-18-13(11)12(17)9-5-2-3-6-10(9)20-14(15)16/h2-8,12,14H,17H2,1H3. The topological polar surface area (TPSA) is 57.4 Å². The summed E-state index contributed by atoms with van der Waals surface area (Å²) in [5, 5.41) is 0. The Hall–Kier alpha value is -2.21. The van der Waals surface area contributed by atoms with Crippen molar-refractivity contribution in [3.8, 4) is 11.5 Å². The van der Waals surface area contributed by atoms with E-state index >= 15 is 0 Å². The summed E-state index contributed by atoms with van der Waals surface area (Å²) in [6.45, 7) is -2.91. The molecule has 0 fully saturated rings. The van der Waals surface area contributed by atoms with Crippen LogP contribution < -0.4 is 15.2 Å². The van der Waals surface area contributed by atoms with Gasteiger partial charge in [0.25, 0.3) is 0 Å². The molecular formula is C14H14F2N2O2. The SMILES string of the molecule is COc1cccnc1C(N)c1ccccc1OC(F)F. The number of ether oxygens (including phenoxy) is 2. The molecular weight excluding hydrogens is 266 g/mol. The minimum atomic E-state index is -2.91. The summed E-state index contributed by atoms with van der Waals surface area (Å²) < 4.78 is 34.5. The summed E-state index contributed by atoms with van der Waals surface area (Å²) in [5.74, 6) is 0.523. The molecule has 0 spiro atoms. The zero-order valence-electron chi connectivity index (χ0n) is 10.8. The first-order chi connectivity index (χ1) is 9.63. The maximum Gasteiger partial charge on any atom is 0.387 e. The van der Waals surface area contributed by atoms with Crippen LogP contribution in [0.1, 0.15) is 17.3 Å². The van der Waals surface area contributed by atoms with E-state index in [1.165, 1.54) is 13.2 Å². The minimum absolute atomic E-state index is 0.0303.